The van der Waals surface area contributed by atoms with Gasteiger partial charge in [0.05, 0.1) is 18.1 Å². The largest absolute Gasteiger partial charge is 0.464 e. The summed E-state index contributed by atoms with van der Waals surface area (Å²) in [7, 11) is 0. The van der Waals surface area contributed by atoms with Crippen molar-refractivity contribution in [1.29, 1.82) is 0 Å². The van der Waals surface area contributed by atoms with E-state index in [9.17, 15) is 24.5 Å². The molecule has 1 heterocycles. The standard InChI is InChI=1S/C14H15N3O6/c1-8-6-9(2-3-11(8)17(21)22)13(19)15-7-12(18)16-10-4-5-23-14(10)20/h2-3,6,10H,4-5,7H2,1H3,(H,15,19)(H,16,18)/t10-/m1/s1. The fourth-order valence-corrected chi connectivity index (χ4v) is 2.14. The van der Waals surface area contributed by atoms with Gasteiger partial charge in [0.15, 0.2) is 0 Å². The lowest BCUT2D eigenvalue weighted by atomic mass is 10.1. The molecular formula is C14H15N3O6. The molecule has 0 aliphatic carbocycles. The first-order valence-corrected chi connectivity index (χ1v) is 6.87. The van der Waals surface area contributed by atoms with Crippen molar-refractivity contribution in [3.8, 4) is 0 Å². The van der Waals surface area contributed by atoms with Gasteiger partial charge >= 0.3 is 5.97 Å². The molecule has 0 radical (unpaired) electrons. The number of aryl methyl sites for hydroxylation is 1. The molecule has 0 unspecified atom stereocenters. The van der Waals surface area contributed by atoms with E-state index in [0.29, 0.717) is 12.0 Å². The third kappa shape index (κ3) is 4.02. The van der Waals surface area contributed by atoms with Gasteiger partial charge in [-0.3, -0.25) is 19.7 Å². The van der Waals surface area contributed by atoms with E-state index >= 15 is 0 Å². The molecule has 9 nitrogen and oxygen atoms in total. The highest BCUT2D eigenvalue weighted by Crippen LogP contribution is 2.18. The van der Waals surface area contributed by atoms with Gasteiger partial charge in [0, 0.05) is 23.6 Å². The highest BCUT2D eigenvalue weighted by atomic mass is 16.6. The molecule has 2 N–H and O–H groups in total. The summed E-state index contributed by atoms with van der Waals surface area (Å²) in [5.74, 6) is -1.54. The molecule has 2 amide bonds. The van der Waals surface area contributed by atoms with Crippen LogP contribution in [0.3, 0.4) is 0 Å². The van der Waals surface area contributed by atoms with Crippen LogP contribution in [0.15, 0.2) is 18.2 Å². The van der Waals surface area contributed by atoms with Gasteiger partial charge in [-0.25, -0.2) is 4.79 Å². The second-order valence-corrected chi connectivity index (χ2v) is 5.02. The van der Waals surface area contributed by atoms with E-state index < -0.39 is 28.7 Å². The number of rotatable bonds is 5. The Balaban J connectivity index is 1.89. The van der Waals surface area contributed by atoms with Gasteiger partial charge in [-0.05, 0) is 19.1 Å². The minimum Gasteiger partial charge on any atom is -0.464 e. The van der Waals surface area contributed by atoms with Crippen LogP contribution in [-0.2, 0) is 14.3 Å². The topological polar surface area (TPSA) is 128 Å². The van der Waals surface area contributed by atoms with Gasteiger partial charge in [0.2, 0.25) is 5.91 Å². The van der Waals surface area contributed by atoms with Gasteiger partial charge in [0.1, 0.15) is 6.04 Å². The maximum absolute atomic E-state index is 11.9. The van der Waals surface area contributed by atoms with Crippen LogP contribution >= 0.6 is 0 Å². The fraction of sp³-hybridized carbons (Fsp3) is 0.357. The highest BCUT2D eigenvalue weighted by Gasteiger charge is 2.27. The molecular weight excluding hydrogens is 306 g/mol. The average molecular weight is 321 g/mol. The Kier molecular flexibility index (Phi) is 4.89. The summed E-state index contributed by atoms with van der Waals surface area (Å²) in [6.45, 7) is 1.48. The first kappa shape index (κ1) is 16.4. The van der Waals surface area contributed by atoms with E-state index in [4.69, 9.17) is 4.74 Å². The normalized spacial score (nSPS) is 16.6. The third-order valence-corrected chi connectivity index (χ3v) is 3.34. The molecule has 0 bridgehead atoms. The van der Waals surface area contributed by atoms with Crippen molar-refractivity contribution in [3.05, 3.63) is 39.4 Å². The van der Waals surface area contributed by atoms with E-state index in [1.165, 1.54) is 25.1 Å². The van der Waals surface area contributed by atoms with Crippen LogP contribution < -0.4 is 10.6 Å². The van der Waals surface area contributed by atoms with Crippen molar-refractivity contribution < 1.29 is 24.0 Å². The number of amides is 2. The van der Waals surface area contributed by atoms with Crippen LogP contribution in [0, 0.1) is 17.0 Å². The SMILES string of the molecule is Cc1cc(C(=O)NCC(=O)N[C@@H]2CCOC2=O)ccc1[N+](=O)[O-]. The minimum atomic E-state index is -0.680. The maximum atomic E-state index is 11.9. The Bertz CT molecular complexity index is 672. The van der Waals surface area contributed by atoms with Gasteiger partial charge in [-0.2, -0.15) is 0 Å². The predicted molar refractivity (Wildman–Crippen MR) is 77.7 cm³/mol. The molecule has 1 saturated heterocycles. The second-order valence-electron chi connectivity index (χ2n) is 5.02. The Morgan fingerprint density at radius 3 is 2.74 bits per heavy atom. The lowest BCUT2D eigenvalue weighted by molar-refractivity contribution is -0.385. The molecule has 1 aliphatic rings. The Morgan fingerprint density at radius 2 is 2.17 bits per heavy atom. The zero-order valence-electron chi connectivity index (χ0n) is 12.3. The van der Waals surface area contributed by atoms with Crippen LogP contribution in [0.25, 0.3) is 0 Å². The Hall–Kier alpha value is -2.97. The second kappa shape index (κ2) is 6.86. The van der Waals surface area contributed by atoms with Crippen LogP contribution in [0.5, 0.6) is 0 Å². The molecule has 0 saturated carbocycles. The molecule has 23 heavy (non-hydrogen) atoms. The van der Waals surface area contributed by atoms with Gasteiger partial charge in [-0.1, -0.05) is 0 Å². The van der Waals surface area contributed by atoms with Crippen molar-refractivity contribution in [1.82, 2.24) is 10.6 Å². The molecule has 1 aromatic carbocycles. The quantitative estimate of drug-likeness (QED) is 0.448. The fourth-order valence-electron chi connectivity index (χ4n) is 2.14. The number of ether oxygens (including phenoxy) is 1. The number of nitrogens with one attached hydrogen (secondary N) is 2. The number of carbonyl (C=O) groups excluding carboxylic acids is 3. The summed E-state index contributed by atoms with van der Waals surface area (Å²) in [5.41, 5.74) is 0.473. The summed E-state index contributed by atoms with van der Waals surface area (Å²) >= 11 is 0. The molecule has 2 rings (SSSR count). The summed E-state index contributed by atoms with van der Waals surface area (Å²) < 4.78 is 4.71. The lowest BCUT2D eigenvalue weighted by Crippen LogP contribution is -2.43. The number of carbonyl (C=O) groups is 3. The van der Waals surface area contributed by atoms with Crippen molar-refractivity contribution in [3.63, 3.8) is 0 Å². The summed E-state index contributed by atoms with van der Waals surface area (Å²) in [6.07, 6.45) is 0.403. The van der Waals surface area contributed by atoms with Crippen molar-refractivity contribution >= 4 is 23.5 Å². The number of hydrogen-bond acceptors (Lipinski definition) is 6. The smallest absolute Gasteiger partial charge is 0.328 e. The first-order valence-electron chi connectivity index (χ1n) is 6.87. The molecule has 1 aliphatic heterocycles. The Labute approximate surface area is 131 Å². The summed E-state index contributed by atoms with van der Waals surface area (Å²) in [6, 6.07) is 3.24. The van der Waals surface area contributed by atoms with Gasteiger partial charge in [0.25, 0.3) is 11.6 Å². The van der Waals surface area contributed by atoms with Gasteiger partial charge < -0.3 is 15.4 Å². The number of nitro groups is 1. The number of hydrogen-bond donors (Lipinski definition) is 2. The van der Waals surface area contributed by atoms with Crippen LogP contribution in [0.1, 0.15) is 22.3 Å². The van der Waals surface area contributed by atoms with E-state index in [1.54, 1.807) is 0 Å². The molecule has 0 aromatic heterocycles. The third-order valence-electron chi connectivity index (χ3n) is 3.34. The monoisotopic (exact) mass is 321 g/mol. The van der Waals surface area contributed by atoms with E-state index in [0.717, 1.165) is 0 Å². The van der Waals surface area contributed by atoms with Crippen LogP contribution in [0.2, 0.25) is 0 Å². The van der Waals surface area contributed by atoms with E-state index in [2.05, 4.69) is 10.6 Å². The highest BCUT2D eigenvalue weighted by molar-refractivity contribution is 5.97. The maximum Gasteiger partial charge on any atom is 0.328 e. The zero-order valence-corrected chi connectivity index (χ0v) is 12.3. The first-order chi connectivity index (χ1) is 10.9. The molecule has 9 heteroatoms. The van der Waals surface area contributed by atoms with E-state index in [-0.39, 0.29) is 24.4 Å². The van der Waals surface area contributed by atoms with Crippen molar-refractivity contribution in [2.45, 2.75) is 19.4 Å². The molecule has 0 spiro atoms. The average Bonchev–Trinajstić information content (AvgIpc) is 2.89. The minimum absolute atomic E-state index is 0.0842. The summed E-state index contributed by atoms with van der Waals surface area (Å²) in [4.78, 5) is 45.0. The number of cyclic esters (lactones) is 1. The molecule has 1 fully saturated rings. The van der Waals surface area contributed by atoms with Gasteiger partial charge in [-0.15, -0.1) is 0 Å². The van der Waals surface area contributed by atoms with Crippen LogP contribution in [-0.4, -0.2) is 41.9 Å². The zero-order chi connectivity index (χ0) is 17.0. The number of benzene rings is 1. The molecule has 1 aromatic rings. The van der Waals surface area contributed by atoms with E-state index in [1.807, 2.05) is 0 Å². The number of nitrogens with zero attached hydrogens (tertiary/aromatic N) is 1. The number of esters is 1. The molecule has 122 valence electrons. The Morgan fingerprint density at radius 1 is 1.43 bits per heavy atom. The lowest BCUT2D eigenvalue weighted by Gasteiger charge is -2.10. The molecule has 1 atom stereocenters. The predicted octanol–water partition coefficient (Wildman–Crippen LogP) is 0.0647. The van der Waals surface area contributed by atoms with Crippen molar-refractivity contribution in [2.24, 2.45) is 0 Å². The van der Waals surface area contributed by atoms with Crippen LogP contribution in [0.4, 0.5) is 5.69 Å². The summed E-state index contributed by atoms with van der Waals surface area (Å²) in [5, 5.41) is 15.6. The van der Waals surface area contributed by atoms with Crippen molar-refractivity contribution in [2.75, 3.05) is 13.2 Å². The number of nitro benzene ring substituents is 1.